The summed E-state index contributed by atoms with van der Waals surface area (Å²) in [6, 6.07) is 8.78. The minimum Gasteiger partial charge on any atom is -0.480 e. The van der Waals surface area contributed by atoms with E-state index in [0.717, 1.165) is 10.2 Å². The van der Waals surface area contributed by atoms with E-state index in [9.17, 15) is 19.7 Å². The molecule has 3 rings (SSSR count). The lowest BCUT2D eigenvalue weighted by molar-refractivity contribution is -0.384. The summed E-state index contributed by atoms with van der Waals surface area (Å²) in [4.78, 5) is 33.8. The van der Waals surface area contributed by atoms with Gasteiger partial charge in [0.25, 0.3) is 11.6 Å². The van der Waals surface area contributed by atoms with Crippen LogP contribution in [-0.4, -0.2) is 31.7 Å². The average molecular weight is 431 g/mol. The van der Waals surface area contributed by atoms with E-state index in [4.69, 9.17) is 21.4 Å². The number of halogens is 1. The van der Waals surface area contributed by atoms with Gasteiger partial charge in [-0.05, 0) is 30.7 Å². The third-order valence-electron chi connectivity index (χ3n) is 3.92. The fourth-order valence-electron chi connectivity index (χ4n) is 2.58. The van der Waals surface area contributed by atoms with Crippen molar-refractivity contribution >= 4 is 34.9 Å². The molecule has 0 aliphatic carbocycles. The van der Waals surface area contributed by atoms with Gasteiger partial charge in [0, 0.05) is 23.4 Å². The summed E-state index contributed by atoms with van der Waals surface area (Å²) in [5, 5.41) is 26.9. The molecule has 11 heteroatoms. The van der Waals surface area contributed by atoms with E-state index in [-0.39, 0.29) is 22.7 Å². The molecule has 0 unspecified atom stereocenters. The van der Waals surface area contributed by atoms with Gasteiger partial charge >= 0.3 is 5.97 Å². The molecule has 0 spiro atoms. The number of anilines is 1. The lowest BCUT2D eigenvalue weighted by atomic mass is 10.2. The minimum absolute atomic E-state index is 0.0961. The van der Waals surface area contributed by atoms with Crippen molar-refractivity contribution in [2.75, 3.05) is 5.32 Å². The second-order valence-electron chi connectivity index (χ2n) is 6.26. The molecule has 0 bridgehead atoms. The molecule has 3 aromatic rings. The van der Waals surface area contributed by atoms with Crippen LogP contribution in [-0.2, 0) is 11.3 Å². The maximum atomic E-state index is 12.4. The summed E-state index contributed by atoms with van der Waals surface area (Å²) in [6.07, 6.45) is 2.46. The summed E-state index contributed by atoms with van der Waals surface area (Å²) < 4.78 is 6.82. The number of hydrogen-bond acceptors (Lipinski definition) is 6. The number of nitro benzene ring substituents is 1. The van der Waals surface area contributed by atoms with E-state index in [1.807, 2.05) is 0 Å². The predicted molar refractivity (Wildman–Crippen MR) is 107 cm³/mol. The summed E-state index contributed by atoms with van der Waals surface area (Å²) in [5.74, 6) is -1.12. The van der Waals surface area contributed by atoms with Crippen molar-refractivity contribution in [1.29, 1.82) is 0 Å². The Bertz CT molecular complexity index is 1140. The maximum Gasteiger partial charge on any atom is 0.325 e. The van der Waals surface area contributed by atoms with Gasteiger partial charge in [-0.2, -0.15) is 5.10 Å². The molecule has 0 fully saturated rings. The number of nitrogens with one attached hydrogen (secondary N) is 1. The first-order chi connectivity index (χ1) is 14.2. The van der Waals surface area contributed by atoms with Gasteiger partial charge in [0.1, 0.15) is 18.0 Å². The first-order valence-corrected chi connectivity index (χ1v) is 8.88. The Morgan fingerprint density at radius 2 is 2.07 bits per heavy atom. The van der Waals surface area contributed by atoms with E-state index in [1.54, 1.807) is 25.1 Å². The summed E-state index contributed by atoms with van der Waals surface area (Å²) >= 11 is 5.93. The Balaban J connectivity index is 1.85. The van der Waals surface area contributed by atoms with Crippen LogP contribution >= 0.6 is 11.6 Å². The number of nitro groups is 1. The number of aliphatic carboxylic acids is 1. The number of non-ortho nitro benzene ring substituents is 1. The van der Waals surface area contributed by atoms with Crippen molar-refractivity contribution in [1.82, 2.24) is 9.78 Å². The zero-order valence-electron chi connectivity index (χ0n) is 15.5. The molecule has 1 aromatic heterocycles. The lowest BCUT2D eigenvalue weighted by Crippen LogP contribution is -2.12. The third-order valence-corrected chi connectivity index (χ3v) is 4.15. The highest BCUT2D eigenvalue weighted by Gasteiger charge is 2.16. The van der Waals surface area contributed by atoms with Crippen molar-refractivity contribution in [2.24, 2.45) is 0 Å². The smallest absolute Gasteiger partial charge is 0.325 e. The minimum atomic E-state index is -1.11. The van der Waals surface area contributed by atoms with Crippen molar-refractivity contribution in [3.8, 4) is 11.5 Å². The van der Waals surface area contributed by atoms with Crippen LogP contribution in [0.2, 0.25) is 5.02 Å². The molecule has 154 valence electrons. The van der Waals surface area contributed by atoms with Crippen LogP contribution in [0.4, 0.5) is 11.4 Å². The molecule has 10 nitrogen and oxygen atoms in total. The van der Waals surface area contributed by atoms with Gasteiger partial charge in [0.15, 0.2) is 0 Å². The molecule has 1 heterocycles. The van der Waals surface area contributed by atoms with Crippen molar-refractivity contribution in [2.45, 2.75) is 13.5 Å². The maximum absolute atomic E-state index is 12.4. The van der Waals surface area contributed by atoms with Gasteiger partial charge in [0.2, 0.25) is 0 Å². The molecule has 0 radical (unpaired) electrons. The van der Waals surface area contributed by atoms with Crippen molar-refractivity contribution < 1.29 is 24.4 Å². The monoisotopic (exact) mass is 430 g/mol. The molecule has 2 aromatic carbocycles. The number of rotatable bonds is 7. The molecule has 0 saturated heterocycles. The first kappa shape index (κ1) is 20.8. The highest BCUT2D eigenvalue weighted by molar-refractivity contribution is 6.30. The fraction of sp³-hybridized carbons (Fsp3) is 0.105. The number of carbonyl (C=O) groups excluding carboxylic acids is 1. The van der Waals surface area contributed by atoms with Gasteiger partial charge < -0.3 is 15.2 Å². The molecular formula is C19H15ClN4O6. The van der Waals surface area contributed by atoms with Gasteiger partial charge in [-0.15, -0.1) is 0 Å². The number of aryl methyl sites for hydroxylation is 1. The normalized spacial score (nSPS) is 10.5. The van der Waals surface area contributed by atoms with Crippen molar-refractivity contribution in [3.05, 3.63) is 75.1 Å². The Morgan fingerprint density at radius 3 is 2.73 bits per heavy atom. The quantitative estimate of drug-likeness (QED) is 0.428. The number of aromatic nitrogens is 2. The summed E-state index contributed by atoms with van der Waals surface area (Å²) in [6.45, 7) is 1.37. The molecule has 30 heavy (non-hydrogen) atoms. The molecule has 1 amide bonds. The third kappa shape index (κ3) is 5.11. The van der Waals surface area contributed by atoms with Crippen LogP contribution in [0.3, 0.4) is 0 Å². The summed E-state index contributed by atoms with van der Waals surface area (Å²) in [5.41, 5.74) is 0.669. The van der Waals surface area contributed by atoms with Crippen LogP contribution in [0.1, 0.15) is 15.9 Å². The zero-order chi connectivity index (χ0) is 21.8. The standard InChI is InChI=1S/C19H15ClN4O6/c1-11-4-13(20)2-3-17(11)30-16-6-14(5-15(7-16)24(28)29)22-19(27)12-8-21-23(9-12)10-18(25)26/h2-9H,10H2,1H3,(H,22,27)(H,25,26). The van der Waals surface area contributed by atoms with Gasteiger partial charge in [-0.1, -0.05) is 11.6 Å². The molecule has 0 saturated carbocycles. The summed E-state index contributed by atoms with van der Waals surface area (Å²) in [7, 11) is 0. The number of carbonyl (C=O) groups is 2. The van der Waals surface area contributed by atoms with Gasteiger partial charge in [-0.3, -0.25) is 24.4 Å². The Labute approximate surface area is 174 Å². The van der Waals surface area contributed by atoms with E-state index >= 15 is 0 Å². The second-order valence-corrected chi connectivity index (χ2v) is 6.70. The molecule has 0 aliphatic heterocycles. The first-order valence-electron chi connectivity index (χ1n) is 8.50. The number of amides is 1. The fourth-order valence-corrected chi connectivity index (χ4v) is 2.81. The Kier molecular flexibility index (Phi) is 5.98. The van der Waals surface area contributed by atoms with Gasteiger partial charge in [-0.25, -0.2) is 0 Å². The van der Waals surface area contributed by atoms with Crippen LogP contribution in [0.25, 0.3) is 0 Å². The highest BCUT2D eigenvalue weighted by Crippen LogP contribution is 2.32. The topological polar surface area (TPSA) is 137 Å². The number of carboxylic acids is 1. The molecule has 0 atom stereocenters. The Morgan fingerprint density at radius 1 is 1.30 bits per heavy atom. The number of ether oxygens (including phenoxy) is 1. The largest absolute Gasteiger partial charge is 0.480 e. The van der Waals surface area contributed by atoms with Crippen LogP contribution in [0, 0.1) is 17.0 Å². The van der Waals surface area contributed by atoms with Crippen LogP contribution < -0.4 is 10.1 Å². The Hall–Kier alpha value is -3.92. The average Bonchev–Trinajstić information content (AvgIpc) is 3.12. The van der Waals surface area contributed by atoms with E-state index < -0.39 is 23.3 Å². The molecular weight excluding hydrogens is 416 g/mol. The van der Waals surface area contributed by atoms with Crippen LogP contribution in [0.15, 0.2) is 48.8 Å². The number of benzene rings is 2. The zero-order valence-corrected chi connectivity index (χ0v) is 16.3. The van der Waals surface area contributed by atoms with Crippen molar-refractivity contribution in [3.63, 3.8) is 0 Å². The SMILES string of the molecule is Cc1cc(Cl)ccc1Oc1cc(NC(=O)c2cnn(CC(=O)O)c2)cc([N+](=O)[O-])c1. The number of nitrogens with zero attached hydrogens (tertiary/aromatic N) is 3. The van der Waals surface area contributed by atoms with E-state index in [0.29, 0.717) is 10.8 Å². The lowest BCUT2D eigenvalue weighted by Gasteiger charge is -2.11. The molecule has 0 aliphatic rings. The molecule has 2 N–H and O–H groups in total. The van der Waals surface area contributed by atoms with E-state index in [1.165, 1.54) is 30.6 Å². The van der Waals surface area contributed by atoms with E-state index in [2.05, 4.69) is 10.4 Å². The highest BCUT2D eigenvalue weighted by atomic mass is 35.5. The number of carboxylic acid groups (broad SMARTS) is 1. The van der Waals surface area contributed by atoms with Gasteiger partial charge in [0.05, 0.1) is 28.4 Å². The number of hydrogen-bond donors (Lipinski definition) is 2. The second kappa shape index (κ2) is 8.62. The predicted octanol–water partition coefficient (Wildman–Crippen LogP) is 3.88. The van der Waals surface area contributed by atoms with Crippen LogP contribution in [0.5, 0.6) is 11.5 Å².